The van der Waals surface area contributed by atoms with Crippen molar-refractivity contribution < 1.29 is 9.53 Å². The Morgan fingerprint density at radius 2 is 1.79 bits per heavy atom. The van der Waals surface area contributed by atoms with Gasteiger partial charge in [0.2, 0.25) is 5.91 Å². The standard InChI is InChI=1S/C25H33NO2/c1-19(27)26-23-8-4-7-22(18-23)21-9-11-24(12-10-21)28-17-5-6-20-13-15-25(2,3)16-14-20/h4,7-12,18,20H,5-6,13-17H2,1-3H3,(H,26,27). The lowest BCUT2D eigenvalue weighted by Gasteiger charge is -2.34. The van der Waals surface area contributed by atoms with Crippen LogP contribution >= 0.6 is 0 Å². The molecule has 150 valence electrons. The molecule has 1 amide bonds. The number of ether oxygens (including phenoxy) is 1. The van der Waals surface area contributed by atoms with Crippen LogP contribution in [0, 0.1) is 11.3 Å². The summed E-state index contributed by atoms with van der Waals surface area (Å²) < 4.78 is 5.95. The van der Waals surface area contributed by atoms with E-state index in [2.05, 4.69) is 31.3 Å². The zero-order valence-electron chi connectivity index (χ0n) is 17.5. The highest BCUT2D eigenvalue weighted by Crippen LogP contribution is 2.39. The molecule has 1 N–H and O–H groups in total. The molecule has 0 atom stereocenters. The van der Waals surface area contributed by atoms with Gasteiger partial charge in [-0.1, -0.05) is 38.1 Å². The Balaban J connectivity index is 1.45. The van der Waals surface area contributed by atoms with Gasteiger partial charge in [0.05, 0.1) is 6.61 Å². The van der Waals surface area contributed by atoms with Gasteiger partial charge >= 0.3 is 0 Å². The highest BCUT2D eigenvalue weighted by molar-refractivity contribution is 5.89. The largest absolute Gasteiger partial charge is 0.494 e. The van der Waals surface area contributed by atoms with E-state index < -0.39 is 0 Å². The first-order valence-corrected chi connectivity index (χ1v) is 10.5. The van der Waals surface area contributed by atoms with E-state index in [1.54, 1.807) is 0 Å². The topological polar surface area (TPSA) is 38.3 Å². The van der Waals surface area contributed by atoms with E-state index in [4.69, 9.17) is 4.74 Å². The summed E-state index contributed by atoms with van der Waals surface area (Å²) in [7, 11) is 0. The van der Waals surface area contributed by atoms with E-state index in [0.717, 1.165) is 41.5 Å². The minimum Gasteiger partial charge on any atom is -0.494 e. The molecule has 28 heavy (non-hydrogen) atoms. The lowest BCUT2D eigenvalue weighted by molar-refractivity contribution is -0.114. The number of nitrogens with one attached hydrogen (secondary N) is 1. The fraction of sp³-hybridized carbons (Fsp3) is 0.480. The molecular formula is C25H33NO2. The number of rotatable bonds is 7. The Morgan fingerprint density at radius 1 is 1.07 bits per heavy atom. The van der Waals surface area contributed by atoms with Crippen molar-refractivity contribution in [3.63, 3.8) is 0 Å². The van der Waals surface area contributed by atoms with Crippen LogP contribution in [0.15, 0.2) is 48.5 Å². The lowest BCUT2D eigenvalue weighted by atomic mass is 9.72. The maximum Gasteiger partial charge on any atom is 0.221 e. The van der Waals surface area contributed by atoms with Gasteiger partial charge < -0.3 is 10.1 Å². The average Bonchev–Trinajstić information content (AvgIpc) is 2.66. The van der Waals surface area contributed by atoms with Gasteiger partial charge in [0, 0.05) is 12.6 Å². The molecule has 0 unspecified atom stereocenters. The molecule has 1 fully saturated rings. The Morgan fingerprint density at radius 3 is 2.46 bits per heavy atom. The van der Waals surface area contributed by atoms with Crippen LogP contribution in [0.4, 0.5) is 5.69 Å². The molecule has 0 aliphatic heterocycles. The smallest absolute Gasteiger partial charge is 0.221 e. The van der Waals surface area contributed by atoms with Crippen LogP contribution in [-0.2, 0) is 4.79 Å². The van der Waals surface area contributed by atoms with E-state index in [1.165, 1.54) is 39.0 Å². The molecule has 3 rings (SSSR count). The number of hydrogen-bond acceptors (Lipinski definition) is 2. The normalized spacial score (nSPS) is 16.5. The first-order valence-electron chi connectivity index (χ1n) is 10.5. The van der Waals surface area contributed by atoms with Crippen molar-refractivity contribution in [2.24, 2.45) is 11.3 Å². The second-order valence-electron chi connectivity index (χ2n) is 8.88. The molecule has 0 heterocycles. The van der Waals surface area contributed by atoms with Crippen molar-refractivity contribution >= 4 is 11.6 Å². The van der Waals surface area contributed by atoms with Crippen molar-refractivity contribution in [1.82, 2.24) is 0 Å². The van der Waals surface area contributed by atoms with Gasteiger partial charge in [0.25, 0.3) is 0 Å². The van der Waals surface area contributed by atoms with Crippen LogP contribution in [0.1, 0.15) is 59.3 Å². The third-order valence-electron chi connectivity index (χ3n) is 5.85. The van der Waals surface area contributed by atoms with Gasteiger partial charge in [-0.05, 0) is 85.3 Å². The molecule has 1 aliphatic rings. The van der Waals surface area contributed by atoms with Gasteiger partial charge in [-0.2, -0.15) is 0 Å². The van der Waals surface area contributed by atoms with Crippen LogP contribution in [-0.4, -0.2) is 12.5 Å². The SMILES string of the molecule is CC(=O)Nc1cccc(-c2ccc(OCCCC3CCC(C)(C)CC3)cc2)c1. The minimum atomic E-state index is -0.0576. The summed E-state index contributed by atoms with van der Waals surface area (Å²) in [5.74, 6) is 1.75. The van der Waals surface area contributed by atoms with Crippen LogP contribution in [0.2, 0.25) is 0 Å². The monoisotopic (exact) mass is 379 g/mol. The summed E-state index contributed by atoms with van der Waals surface area (Å²) in [6.07, 6.45) is 7.89. The number of hydrogen-bond donors (Lipinski definition) is 1. The maximum absolute atomic E-state index is 11.2. The Hall–Kier alpha value is -2.29. The summed E-state index contributed by atoms with van der Waals surface area (Å²) in [6, 6.07) is 16.1. The van der Waals surface area contributed by atoms with Gasteiger partial charge in [-0.15, -0.1) is 0 Å². The fourth-order valence-corrected chi connectivity index (χ4v) is 4.03. The average molecular weight is 380 g/mol. The molecule has 0 saturated heterocycles. The predicted molar refractivity (Wildman–Crippen MR) is 117 cm³/mol. The number of benzene rings is 2. The highest BCUT2D eigenvalue weighted by Gasteiger charge is 2.26. The molecular weight excluding hydrogens is 346 g/mol. The maximum atomic E-state index is 11.2. The predicted octanol–water partition coefficient (Wildman–Crippen LogP) is 6.69. The molecule has 2 aromatic carbocycles. The lowest BCUT2D eigenvalue weighted by Crippen LogP contribution is -2.21. The number of amides is 1. The first-order chi connectivity index (χ1) is 13.4. The molecule has 0 aromatic heterocycles. The minimum absolute atomic E-state index is 0.0576. The van der Waals surface area contributed by atoms with Crippen molar-refractivity contribution in [2.45, 2.75) is 59.3 Å². The summed E-state index contributed by atoms with van der Waals surface area (Å²) in [5, 5.41) is 2.83. The van der Waals surface area contributed by atoms with Crippen LogP contribution < -0.4 is 10.1 Å². The molecule has 0 spiro atoms. The van der Waals surface area contributed by atoms with Crippen LogP contribution in [0.3, 0.4) is 0 Å². The van der Waals surface area contributed by atoms with E-state index in [0.29, 0.717) is 5.41 Å². The second-order valence-corrected chi connectivity index (χ2v) is 8.88. The molecule has 1 saturated carbocycles. The van der Waals surface area contributed by atoms with Gasteiger partial charge in [-0.3, -0.25) is 4.79 Å². The van der Waals surface area contributed by atoms with Gasteiger partial charge in [0.15, 0.2) is 0 Å². The van der Waals surface area contributed by atoms with Crippen molar-refractivity contribution in [3.8, 4) is 16.9 Å². The quantitative estimate of drug-likeness (QED) is 0.544. The summed E-state index contributed by atoms with van der Waals surface area (Å²) in [6.45, 7) is 7.10. The fourth-order valence-electron chi connectivity index (χ4n) is 4.03. The van der Waals surface area contributed by atoms with Crippen LogP contribution in [0.5, 0.6) is 5.75 Å². The highest BCUT2D eigenvalue weighted by atomic mass is 16.5. The van der Waals surface area contributed by atoms with Gasteiger partial charge in [-0.25, -0.2) is 0 Å². The van der Waals surface area contributed by atoms with Crippen molar-refractivity contribution in [1.29, 1.82) is 0 Å². The van der Waals surface area contributed by atoms with E-state index >= 15 is 0 Å². The summed E-state index contributed by atoms with van der Waals surface area (Å²) in [5.41, 5.74) is 3.56. The van der Waals surface area contributed by atoms with Gasteiger partial charge in [0.1, 0.15) is 5.75 Å². The number of carbonyl (C=O) groups excluding carboxylic acids is 1. The van der Waals surface area contributed by atoms with Crippen molar-refractivity contribution in [3.05, 3.63) is 48.5 Å². The third-order valence-corrected chi connectivity index (χ3v) is 5.85. The van der Waals surface area contributed by atoms with E-state index in [1.807, 2.05) is 36.4 Å². The summed E-state index contributed by atoms with van der Waals surface area (Å²) in [4.78, 5) is 11.2. The Labute approximate surface area is 169 Å². The number of anilines is 1. The second kappa shape index (κ2) is 9.27. The molecule has 3 nitrogen and oxygen atoms in total. The Bertz CT molecular complexity index is 769. The zero-order chi connectivity index (χ0) is 20.0. The van der Waals surface area contributed by atoms with E-state index in [9.17, 15) is 4.79 Å². The molecule has 1 aliphatic carbocycles. The van der Waals surface area contributed by atoms with E-state index in [-0.39, 0.29) is 5.91 Å². The molecule has 0 radical (unpaired) electrons. The summed E-state index contributed by atoms with van der Waals surface area (Å²) >= 11 is 0. The first kappa shape index (κ1) is 20.4. The zero-order valence-corrected chi connectivity index (χ0v) is 17.5. The third kappa shape index (κ3) is 6.12. The Kier molecular flexibility index (Phi) is 6.77. The van der Waals surface area contributed by atoms with Crippen molar-refractivity contribution in [2.75, 3.05) is 11.9 Å². The molecule has 0 bridgehead atoms. The molecule has 2 aromatic rings. The van der Waals surface area contributed by atoms with Crippen LogP contribution in [0.25, 0.3) is 11.1 Å². The molecule has 3 heteroatoms. The number of carbonyl (C=O) groups is 1.